The van der Waals surface area contributed by atoms with Crippen molar-refractivity contribution in [3.63, 3.8) is 0 Å². The summed E-state index contributed by atoms with van der Waals surface area (Å²) >= 11 is 5.97. The first-order valence-electron chi connectivity index (χ1n) is 7.16. The summed E-state index contributed by atoms with van der Waals surface area (Å²) in [5, 5.41) is 3.34. The van der Waals surface area contributed by atoms with Gasteiger partial charge in [-0.1, -0.05) is 24.9 Å². The van der Waals surface area contributed by atoms with Crippen molar-refractivity contribution in [3.8, 4) is 0 Å². The number of carbonyl (C=O) groups excluding carboxylic acids is 1. The number of rotatable bonds is 5. The number of halogens is 1. The Hall–Kier alpha value is -1.13. The molecule has 1 saturated heterocycles. The second-order valence-electron chi connectivity index (χ2n) is 5.25. The maximum absolute atomic E-state index is 12.2. The highest BCUT2D eigenvalue weighted by Gasteiger charge is 2.24. The van der Waals surface area contributed by atoms with Gasteiger partial charge in [-0.15, -0.1) is 0 Å². The second-order valence-corrected chi connectivity index (χ2v) is 5.64. The van der Waals surface area contributed by atoms with Crippen LogP contribution < -0.4 is 5.32 Å². The van der Waals surface area contributed by atoms with Crippen LogP contribution in [0.1, 0.15) is 42.7 Å². The summed E-state index contributed by atoms with van der Waals surface area (Å²) < 4.78 is 5.49. The molecule has 4 nitrogen and oxygen atoms in total. The van der Waals surface area contributed by atoms with Crippen molar-refractivity contribution < 1.29 is 9.53 Å². The molecule has 1 fully saturated rings. The monoisotopic (exact) mass is 296 g/mol. The molecule has 0 spiro atoms. The molecular formula is C15H21ClN2O2. The third-order valence-electron chi connectivity index (χ3n) is 3.67. The minimum Gasteiger partial charge on any atom is -0.378 e. The van der Waals surface area contributed by atoms with E-state index >= 15 is 0 Å². The minimum atomic E-state index is -0.0919. The van der Waals surface area contributed by atoms with Crippen molar-refractivity contribution in [1.29, 1.82) is 0 Å². The number of aromatic nitrogens is 1. The van der Waals surface area contributed by atoms with Crippen LogP contribution in [0.4, 0.5) is 0 Å². The first-order chi connectivity index (χ1) is 9.60. The van der Waals surface area contributed by atoms with Crippen LogP contribution in [-0.4, -0.2) is 30.1 Å². The minimum absolute atomic E-state index is 0.0919. The molecule has 20 heavy (non-hydrogen) atoms. The Morgan fingerprint density at radius 2 is 2.35 bits per heavy atom. The van der Waals surface area contributed by atoms with E-state index in [1.807, 2.05) is 13.0 Å². The second kappa shape index (κ2) is 7.04. The van der Waals surface area contributed by atoms with Crippen LogP contribution in [0.15, 0.2) is 12.1 Å². The fourth-order valence-corrected chi connectivity index (χ4v) is 2.66. The Balaban J connectivity index is 1.97. The van der Waals surface area contributed by atoms with Crippen molar-refractivity contribution in [2.75, 3.05) is 13.2 Å². The summed E-state index contributed by atoms with van der Waals surface area (Å²) in [7, 11) is 0. The number of ether oxygens (including phenoxy) is 1. The van der Waals surface area contributed by atoms with Crippen LogP contribution in [0.5, 0.6) is 0 Å². The van der Waals surface area contributed by atoms with Gasteiger partial charge in [-0.05, 0) is 31.9 Å². The van der Waals surface area contributed by atoms with Gasteiger partial charge < -0.3 is 10.1 Å². The number of hydrogen-bond donors (Lipinski definition) is 1. The lowest BCUT2D eigenvalue weighted by Gasteiger charge is -2.15. The summed E-state index contributed by atoms with van der Waals surface area (Å²) in [6.45, 7) is 5.54. The predicted molar refractivity (Wildman–Crippen MR) is 79.1 cm³/mol. The molecule has 2 rings (SSSR count). The van der Waals surface area contributed by atoms with E-state index in [1.54, 1.807) is 6.07 Å². The lowest BCUT2D eigenvalue weighted by Crippen LogP contribution is -2.32. The van der Waals surface area contributed by atoms with Gasteiger partial charge in [0.2, 0.25) is 0 Å². The molecule has 2 atom stereocenters. The zero-order valence-electron chi connectivity index (χ0n) is 12.0. The van der Waals surface area contributed by atoms with Crippen molar-refractivity contribution >= 4 is 17.5 Å². The number of nitrogens with zero attached hydrogens (tertiary/aromatic N) is 1. The van der Waals surface area contributed by atoms with Crippen molar-refractivity contribution in [3.05, 3.63) is 28.5 Å². The number of carbonyl (C=O) groups is 1. The highest BCUT2D eigenvalue weighted by Crippen LogP contribution is 2.19. The third kappa shape index (κ3) is 3.93. The maximum atomic E-state index is 12.2. The van der Waals surface area contributed by atoms with E-state index in [4.69, 9.17) is 16.3 Å². The van der Waals surface area contributed by atoms with Gasteiger partial charge in [0.15, 0.2) is 0 Å². The van der Waals surface area contributed by atoms with E-state index in [0.717, 1.165) is 31.6 Å². The highest BCUT2D eigenvalue weighted by atomic mass is 35.5. The summed E-state index contributed by atoms with van der Waals surface area (Å²) in [6, 6.07) is 3.43. The van der Waals surface area contributed by atoms with Crippen LogP contribution in [-0.2, 0) is 11.2 Å². The van der Waals surface area contributed by atoms with Gasteiger partial charge in [0.1, 0.15) is 5.15 Å². The molecule has 0 aliphatic carbocycles. The van der Waals surface area contributed by atoms with Crippen LogP contribution in [0.25, 0.3) is 0 Å². The van der Waals surface area contributed by atoms with Crippen LogP contribution in [0.2, 0.25) is 5.15 Å². The number of hydrogen-bond acceptors (Lipinski definition) is 3. The van der Waals surface area contributed by atoms with Gasteiger partial charge in [0.25, 0.3) is 5.91 Å². The molecule has 5 heteroatoms. The average Bonchev–Trinajstić information content (AvgIpc) is 2.81. The van der Waals surface area contributed by atoms with E-state index < -0.39 is 0 Å². The van der Waals surface area contributed by atoms with E-state index in [1.165, 1.54) is 0 Å². The molecule has 1 aliphatic rings. The molecular weight excluding hydrogens is 276 g/mol. The molecule has 1 aliphatic heterocycles. The third-order valence-corrected chi connectivity index (χ3v) is 3.87. The first-order valence-corrected chi connectivity index (χ1v) is 7.54. The molecule has 0 bridgehead atoms. The number of aryl methyl sites for hydroxylation is 1. The Bertz CT molecular complexity index is 479. The normalized spacial score (nSPS) is 21.9. The maximum Gasteiger partial charge on any atom is 0.251 e. The molecule has 0 radical (unpaired) electrons. The van der Waals surface area contributed by atoms with Gasteiger partial charge >= 0.3 is 0 Å². The summed E-state index contributed by atoms with van der Waals surface area (Å²) in [5.74, 6) is 0.303. The Labute approximate surface area is 124 Å². The number of amides is 1. The van der Waals surface area contributed by atoms with Crippen LogP contribution >= 0.6 is 11.6 Å². The number of pyridine rings is 1. The van der Waals surface area contributed by atoms with Gasteiger partial charge in [-0.25, -0.2) is 4.98 Å². The molecule has 1 N–H and O–H groups in total. The van der Waals surface area contributed by atoms with Gasteiger partial charge in [0.05, 0.1) is 6.10 Å². The van der Waals surface area contributed by atoms with E-state index in [2.05, 4.69) is 17.2 Å². The quantitative estimate of drug-likeness (QED) is 0.850. The molecule has 1 aromatic heterocycles. The van der Waals surface area contributed by atoms with E-state index in [9.17, 15) is 4.79 Å². The molecule has 110 valence electrons. The van der Waals surface area contributed by atoms with Crippen LogP contribution in [0, 0.1) is 5.92 Å². The van der Waals surface area contributed by atoms with Gasteiger partial charge in [-0.2, -0.15) is 0 Å². The molecule has 2 unspecified atom stereocenters. The molecule has 0 saturated carbocycles. The number of nitrogens with one attached hydrogen (secondary N) is 1. The molecule has 0 aromatic carbocycles. The summed E-state index contributed by atoms with van der Waals surface area (Å²) in [4.78, 5) is 16.4. The zero-order valence-corrected chi connectivity index (χ0v) is 12.7. The fourth-order valence-electron chi connectivity index (χ4n) is 2.44. The smallest absolute Gasteiger partial charge is 0.251 e. The standard InChI is InChI=1S/C15H21ClN2O2/c1-3-4-13-7-12(8-14(16)18-13)15(19)17-9-11-5-6-20-10(11)2/h7-8,10-11H,3-6,9H2,1-2H3,(H,17,19). The Morgan fingerprint density at radius 1 is 1.55 bits per heavy atom. The fraction of sp³-hybridized carbons (Fsp3) is 0.600. The molecule has 1 amide bonds. The Kier molecular flexibility index (Phi) is 5.38. The molecule has 1 aromatic rings. The largest absolute Gasteiger partial charge is 0.378 e. The zero-order chi connectivity index (χ0) is 14.5. The summed E-state index contributed by atoms with van der Waals surface area (Å²) in [5.41, 5.74) is 1.45. The van der Waals surface area contributed by atoms with Gasteiger partial charge in [0, 0.05) is 30.3 Å². The van der Waals surface area contributed by atoms with Crippen molar-refractivity contribution in [2.45, 2.75) is 39.2 Å². The highest BCUT2D eigenvalue weighted by molar-refractivity contribution is 6.29. The van der Waals surface area contributed by atoms with Crippen LogP contribution in [0.3, 0.4) is 0 Å². The SMILES string of the molecule is CCCc1cc(C(=O)NCC2CCOC2C)cc(Cl)n1. The topological polar surface area (TPSA) is 51.2 Å². The average molecular weight is 297 g/mol. The lowest BCUT2D eigenvalue weighted by atomic mass is 10.0. The van der Waals surface area contributed by atoms with Crippen molar-refractivity contribution in [1.82, 2.24) is 10.3 Å². The van der Waals surface area contributed by atoms with Gasteiger partial charge in [-0.3, -0.25) is 4.79 Å². The lowest BCUT2D eigenvalue weighted by molar-refractivity contribution is 0.0907. The first kappa shape index (κ1) is 15.3. The Morgan fingerprint density at radius 3 is 3.00 bits per heavy atom. The van der Waals surface area contributed by atoms with E-state index in [0.29, 0.717) is 23.2 Å². The van der Waals surface area contributed by atoms with Crippen molar-refractivity contribution in [2.24, 2.45) is 5.92 Å². The molecule has 2 heterocycles. The summed E-state index contributed by atoms with van der Waals surface area (Å²) in [6.07, 6.45) is 3.02. The predicted octanol–water partition coefficient (Wildman–Crippen LogP) is 2.84. The van der Waals surface area contributed by atoms with E-state index in [-0.39, 0.29) is 12.0 Å².